The highest BCUT2D eigenvalue weighted by atomic mass is 32.2. The third-order valence-corrected chi connectivity index (χ3v) is 4.72. The number of sulfonamides is 1. The van der Waals surface area contributed by atoms with E-state index in [0.29, 0.717) is 5.56 Å². The molecule has 0 radical (unpaired) electrons. The van der Waals surface area contributed by atoms with Crippen LogP contribution in [0, 0.1) is 13.8 Å². The van der Waals surface area contributed by atoms with Gasteiger partial charge < -0.3 is 5.73 Å². The van der Waals surface area contributed by atoms with Crippen LogP contribution >= 0.6 is 0 Å². The zero-order chi connectivity index (χ0) is 14.8. The fourth-order valence-electron chi connectivity index (χ4n) is 2.00. The van der Waals surface area contributed by atoms with Crippen molar-refractivity contribution in [3.8, 4) is 0 Å². The monoisotopic (exact) mass is 290 g/mol. The molecular formula is C15H18N2O2S. The van der Waals surface area contributed by atoms with Crippen LogP contribution in [0.4, 0.5) is 5.69 Å². The smallest absolute Gasteiger partial charge is 0.243 e. The summed E-state index contributed by atoms with van der Waals surface area (Å²) in [5.41, 5.74) is 8.73. The van der Waals surface area contributed by atoms with E-state index in [2.05, 4.69) is 4.72 Å². The first kappa shape index (κ1) is 14.6. The van der Waals surface area contributed by atoms with E-state index in [-0.39, 0.29) is 17.1 Å². The van der Waals surface area contributed by atoms with E-state index < -0.39 is 10.0 Å². The number of rotatable bonds is 4. The van der Waals surface area contributed by atoms with E-state index >= 15 is 0 Å². The summed E-state index contributed by atoms with van der Waals surface area (Å²) in [4.78, 5) is 0.159. The molecule has 0 atom stereocenters. The van der Waals surface area contributed by atoms with E-state index in [9.17, 15) is 8.42 Å². The fraction of sp³-hybridized carbons (Fsp3) is 0.200. The number of benzene rings is 2. The van der Waals surface area contributed by atoms with Crippen LogP contribution < -0.4 is 10.5 Å². The number of nitrogens with two attached hydrogens (primary N) is 1. The van der Waals surface area contributed by atoms with Crippen molar-refractivity contribution in [3.05, 3.63) is 59.2 Å². The van der Waals surface area contributed by atoms with E-state index in [1.807, 2.05) is 31.2 Å². The fourth-order valence-corrected chi connectivity index (χ4v) is 3.37. The number of nitrogens with one attached hydrogen (secondary N) is 1. The number of nitrogen functional groups attached to an aromatic ring is 1. The molecule has 0 saturated carbocycles. The zero-order valence-corrected chi connectivity index (χ0v) is 12.4. The highest BCUT2D eigenvalue weighted by Gasteiger charge is 2.19. The van der Waals surface area contributed by atoms with Gasteiger partial charge in [0, 0.05) is 6.54 Å². The summed E-state index contributed by atoms with van der Waals surface area (Å²) in [7, 11) is -3.60. The number of aryl methyl sites for hydroxylation is 2. The van der Waals surface area contributed by atoms with E-state index in [1.54, 1.807) is 25.1 Å². The molecule has 0 heterocycles. The molecule has 2 aromatic rings. The molecule has 0 bridgehead atoms. The Morgan fingerprint density at radius 1 is 1.05 bits per heavy atom. The first-order valence-electron chi connectivity index (χ1n) is 6.30. The van der Waals surface area contributed by atoms with Crippen molar-refractivity contribution >= 4 is 15.7 Å². The normalized spacial score (nSPS) is 11.5. The quantitative estimate of drug-likeness (QED) is 0.849. The molecular weight excluding hydrogens is 272 g/mol. The van der Waals surface area contributed by atoms with Crippen LogP contribution in [0.25, 0.3) is 0 Å². The van der Waals surface area contributed by atoms with Crippen LogP contribution in [-0.4, -0.2) is 8.42 Å². The molecule has 0 unspecified atom stereocenters. The average Bonchev–Trinajstić information content (AvgIpc) is 2.37. The van der Waals surface area contributed by atoms with Gasteiger partial charge in [0.15, 0.2) is 0 Å². The zero-order valence-electron chi connectivity index (χ0n) is 11.6. The average molecular weight is 290 g/mol. The maximum absolute atomic E-state index is 12.3. The molecule has 0 aromatic heterocycles. The minimum absolute atomic E-state index is 0.159. The second kappa shape index (κ2) is 5.64. The predicted molar refractivity (Wildman–Crippen MR) is 80.8 cm³/mol. The van der Waals surface area contributed by atoms with Crippen LogP contribution in [0.3, 0.4) is 0 Å². The molecule has 20 heavy (non-hydrogen) atoms. The molecule has 4 nitrogen and oxygen atoms in total. The van der Waals surface area contributed by atoms with E-state index in [1.165, 1.54) is 0 Å². The van der Waals surface area contributed by atoms with Crippen molar-refractivity contribution in [2.75, 3.05) is 5.73 Å². The molecule has 3 N–H and O–H groups in total. The third-order valence-electron chi connectivity index (χ3n) is 3.10. The van der Waals surface area contributed by atoms with Gasteiger partial charge >= 0.3 is 0 Å². The van der Waals surface area contributed by atoms with Gasteiger partial charge in [-0.15, -0.1) is 0 Å². The van der Waals surface area contributed by atoms with E-state index in [0.717, 1.165) is 11.1 Å². The molecule has 106 valence electrons. The SMILES string of the molecule is Cc1ccc(CNS(=O)(=O)c2c(C)cccc2N)cc1. The van der Waals surface area contributed by atoms with Crippen molar-refractivity contribution in [3.63, 3.8) is 0 Å². The lowest BCUT2D eigenvalue weighted by Crippen LogP contribution is -2.25. The first-order valence-corrected chi connectivity index (χ1v) is 7.79. The molecule has 2 aromatic carbocycles. The summed E-state index contributed by atoms with van der Waals surface area (Å²) in [5.74, 6) is 0. The second-order valence-corrected chi connectivity index (χ2v) is 6.51. The minimum atomic E-state index is -3.60. The van der Waals surface area contributed by atoms with Crippen molar-refractivity contribution in [1.29, 1.82) is 0 Å². The third kappa shape index (κ3) is 3.18. The van der Waals surface area contributed by atoms with Gasteiger partial charge in [0.1, 0.15) is 4.90 Å². The van der Waals surface area contributed by atoms with Crippen molar-refractivity contribution in [2.45, 2.75) is 25.3 Å². The highest BCUT2D eigenvalue weighted by Crippen LogP contribution is 2.22. The second-order valence-electron chi connectivity index (χ2n) is 4.80. The Morgan fingerprint density at radius 2 is 1.70 bits per heavy atom. The van der Waals surface area contributed by atoms with Crippen molar-refractivity contribution in [2.24, 2.45) is 0 Å². The summed E-state index contributed by atoms with van der Waals surface area (Å²) in [6.07, 6.45) is 0. The summed E-state index contributed by atoms with van der Waals surface area (Å²) in [5, 5.41) is 0. The molecule has 0 saturated heterocycles. The van der Waals surface area contributed by atoms with Gasteiger partial charge in [0.25, 0.3) is 0 Å². The lowest BCUT2D eigenvalue weighted by Gasteiger charge is -2.11. The standard InChI is InChI=1S/C15H18N2O2S/c1-11-6-8-13(9-7-11)10-17-20(18,19)15-12(2)4-3-5-14(15)16/h3-9,17H,10,16H2,1-2H3. The van der Waals surface area contributed by atoms with Crippen LogP contribution in [0.1, 0.15) is 16.7 Å². The Labute approximate surface area is 119 Å². The molecule has 0 aliphatic rings. The molecule has 0 amide bonds. The lowest BCUT2D eigenvalue weighted by molar-refractivity contribution is 0.581. The van der Waals surface area contributed by atoms with Gasteiger partial charge in [0.05, 0.1) is 5.69 Å². The van der Waals surface area contributed by atoms with Crippen molar-refractivity contribution < 1.29 is 8.42 Å². The van der Waals surface area contributed by atoms with Gasteiger partial charge in [-0.25, -0.2) is 13.1 Å². The van der Waals surface area contributed by atoms with Gasteiger partial charge in [0.2, 0.25) is 10.0 Å². The Bertz CT molecular complexity index is 687. The molecule has 0 aliphatic heterocycles. The minimum Gasteiger partial charge on any atom is -0.398 e. The van der Waals surface area contributed by atoms with Gasteiger partial charge in [-0.1, -0.05) is 42.0 Å². The van der Waals surface area contributed by atoms with Crippen LogP contribution in [0.2, 0.25) is 0 Å². The Morgan fingerprint density at radius 3 is 2.30 bits per heavy atom. The lowest BCUT2D eigenvalue weighted by atomic mass is 10.2. The predicted octanol–water partition coefficient (Wildman–Crippen LogP) is 2.36. The summed E-state index contributed by atoms with van der Waals surface area (Å²) < 4.78 is 27.2. The molecule has 5 heteroatoms. The Hall–Kier alpha value is -1.85. The highest BCUT2D eigenvalue weighted by molar-refractivity contribution is 7.89. The van der Waals surface area contributed by atoms with Crippen molar-refractivity contribution in [1.82, 2.24) is 4.72 Å². The number of hydrogen-bond donors (Lipinski definition) is 2. The van der Waals surface area contributed by atoms with E-state index in [4.69, 9.17) is 5.73 Å². The van der Waals surface area contributed by atoms with Gasteiger partial charge in [-0.05, 0) is 31.0 Å². The summed E-state index contributed by atoms with van der Waals surface area (Å²) in [6.45, 7) is 3.97. The Kier molecular flexibility index (Phi) is 4.11. The maximum Gasteiger partial charge on any atom is 0.243 e. The molecule has 2 rings (SSSR count). The van der Waals surface area contributed by atoms with Crippen LogP contribution in [0.5, 0.6) is 0 Å². The van der Waals surface area contributed by atoms with Crippen LogP contribution in [-0.2, 0) is 16.6 Å². The number of hydrogen-bond acceptors (Lipinski definition) is 3. The summed E-state index contributed by atoms with van der Waals surface area (Å²) >= 11 is 0. The molecule has 0 aliphatic carbocycles. The maximum atomic E-state index is 12.3. The first-order chi connectivity index (χ1) is 9.40. The topological polar surface area (TPSA) is 72.2 Å². The molecule has 0 fully saturated rings. The van der Waals surface area contributed by atoms with Gasteiger partial charge in [-0.2, -0.15) is 0 Å². The Balaban J connectivity index is 2.22. The van der Waals surface area contributed by atoms with Gasteiger partial charge in [-0.3, -0.25) is 0 Å². The molecule has 0 spiro atoms. The van der Waals surface area contributed by atoms with Crippen LogP contribution in [0.15, 0.2) is 47.4 Å². The summed E-state index contributed by atoms with van der Waals surface area (Å²) in [6, 6.07) is 12.8. The largest absolute Gasteiger partial charge is 0.398 e. The number of anilines is 1.